The van der Waals surface area contributed by atoms with Gasteiger partial charge >= 0.3 is 0 Å². The fraction of sp³-hybridized carbons (Fsp3) is 0.346. The zero-order chi connectivity index (χ0) is 21.3. The van der Waals surface area contributed by atoms with E-state index in [-0.39, 0.29) is 0 Å². The summed E-state index contributed by atoms with van der Waals surface area (Å²) < 4.78 is 11.2. The Bertz CT molecular complexity index is 925. The summed E-state index contributed by atoms with van der Waals surface area (Å²) in [6.45, 7) is 4.52. The summed E-state index contributed by atoms with van der Waals surface area (Å²) in [4.78, 5) is 6.90. The van der Waals surface area contributed by atoms with Crippen molar-refractivity contribution in [1.29, 1.82) is 0 Å². The minimum Gasteiger partial charge on any atom is -0.497 e. The van der Waals surface area contributed by atoms with E-state index in [0.717, 1.165) is 43.4 Å². The number of nitrogens with one attached hydrogen (secondary N) is 1. The van der Waals surface area contributed by atoms with Gasteiger partial charge in [0.15, 0.2) is 0 Å². The highest BCUT2D eigenvalue weighted by Crippen LogP contribution is 2.26. The molecule has 31 heavy (non-hydrogen) atoms. The van der Waals surface area contributed by atoms with Crippen molar-refractivity contribution in [1.82, 2.24) is 15.2 Å². The number of likely N-dealkylation sites (tertiary alicyclic amines) is 1. The van der Waals surface area contributed by atoms with Crippen molar-refractivity contribution in [3.05, 3.63) is 89.7 Å². The second-order valence-corrected chi connectivity index (χ2v) is 7.92. The van der Waals surface area contributed by atoms with Crippen molar-refractivity contribution in [3.8, 4) is 11.5 Å². The van der Waals surface area contributed by atoms with Gasteiger partial charge in [0.2, 0.25) is 0 Å². The van der Waals surface area contributed by atoms with Gasteiger partial charge in [-0.3, -0.25) is 9.88 Å². The molecule has 5 heteroatoms. The molecule has 162 valence electrons. The first-order valence-electron chi connectivity index (χ1n) is 11.0. The molecule has 1 aromatic heterocycles. The van der Waals surface area contributed by atoms with Crippen molar-refractivity contribution in [2.45, 2.75) is 32.0 Å². The van der Waals surface area contributed by atoms with Crippen LogP contribution in [0.1, 0.15) is 35.7 Å². The van der Waals surface area contributed by atoms with Crippen LogP contribution >= 0.6 is 0 Å². The zero-order valence-corrected chi connectivity index (χ0v) is 18.2. The molecule has 1 unspecified atom stereocenters. The summed E-state index contributed by atoms with van der Waals surface area (Å²) in [5, 5.41) is 3.67. The maximum absolute atomic E-state index is 5.92. The molecule has 0 saturated carbocycles. The molecule has 1 aliphatic heterocycles. The van der Waals surface area contributed by atoms with Crippen molar-refractivity contribution in [3.63, 3.8) is 0 Å². The van der Waals surface area contributed by atoms with E-state index in [0.29, 0.717) is 12.6 Å². The number of nitrogens with zero attached hydrogens (tertiary/aromatic N) is 2. The number of rotatable bonds is 10. The van der Waals surface area contributed by atoms with Crippen LogP contribution < -0.4 is 14.8 Å². The molecule has 0 spiro atoms. The summed E-state index contributed by atoms with van der Waals surface area (Å²) in [5.74, 6) is 1.77. The summed E-state index contributed by atoms with van der Waals surface area (Å²) in [6, 6.07) is 23.0. The Balaban J connectivity index is 1.34. The first-order valence-corrected chi connectivity index (χ1v) is 11.0. The maximum atomic E-state index is 5.92. The van der Waals surface area contributed by atoms with E-state index >= 15 is 0 Å². The third-order valence-corrected chi connectivity index (χ3v) is 5.76. The highest BCUT2D eigenvalue weighted by Gasteiger charge is 2.23. The van der Waals surface area contributed by atoms with Gasteiger partial charge in [0.1, 0.15) is 18.1 Å². The molecule has 5 nitrogen and oxygen atoms in total. The Morgan fingerprint density at radius 2 is 1.81 bits per heavy atom. The Morgan fingerprint density at radius 1 is 0.968 bits per heavy atom. The van der Waals surface area contributed by atoms with Gasteiger partial charge in [-0.15, -0.1) is 0 Å². The third kappa shape index (κ3) is 6.06. The number of aromatic nitrogens is 1. The second kappa shape index (κ2) is 10.9. The number of hydrogen-bond acceptors (Lipinski definition) is 5. The summed E-state index contributed by atoms with van der Waals surface area (Å²) >= 11 is 0. The van der Waals surface area contributed by atoms with E-state index in [1.807, 2.05) is 30.3 Å². The van der Waals surface area contributed by atoms with E-state index in [9.17, 15) is 0 Å². The molecular formula is C26H31N3O2. The van der Waals surface area contributed by atoms with Crippen molar-refractivity contribution in [2.24, 2.45) is 0 Å². The predicted molar refractivity (Wildman–Crippen MR) is 123 cm³/mol. The molecule has 0 amide bonds. The molecule has 1 aliphatic rings. The smallest absolute Gasteiger partial charge is 0.130 e. The average Bonchev–Trinajstić information content (AvgIpc) is 3.36. The van der Waals surface area contributed by atoms with Crippen LogP contribution in [0.2, 0.25) is 0 Å². The zero-order valence-electron chi connectivity index (χ0n) is 18.2. The normalized spacial score (nSPS) is 15.0. The maximum Gasteiger partial charge on any atom is 0.130 e. The van der Waals surface area contributed by atoms with Crippen LogP contribution in [-0.4, -0.2) is 36.6 Å². The number of pyridine rings is 1. The molecule has 1 fully saturated rings. The van der Waals surface area contributed by atoms with Gasteiger partial charge in [-0.25, -0.2) is 0 Å². The molecule has 0 bridgehead atoms. The van der Waals surface area contributed by atoms with E-state index in [1.54, 1.807) is 13.3 Å². The standard InChI is InChI=1S/C26H31N3O2/c1-30-24-12-10-22(11-13-24)26(29-15-4-5-16-29)19-27-18-21-7-6-9-25(17-21)31-20-23-8-2-3-14-28-23/h2-3,6-14,17,26-27H,4-5,15-16,18-20H2,1H3. The SMILES string of the molecule is COc1ccc(C(CNCc2cccc(OCc3ccccn3)c2)N2CCCC2)cc1. The average molecular weight is 418 g/mol. The largest absolute Gasteiger partial charge is 0.497 e. The van der Waals surface area contributed by atoms with Crippen LogP contribution in [0.25, 0.3) is 0 Å². The minimum absolute atomic E-state index is 0.372. The Morgan fingerprint density at radius 3 is 2.55 bits per heavy atom. The lowest BCUT2D eigenvalue weighted by Crippen LogP contribution is -2.34. The lowest BCUT2D eigenvalue weighted by atomic mass is 10.0. The fourth-order valence-electron chi connectivity index (χ4n) is 4.08. The third-order valence-electron chi connectivity index (χ3n) is 5.76. The molecule has 2 heterocycles. The van der Waals surface area contributed by atoms with Gasteiger partial charge in [-0.1, -0.05) is 30.3 Å². The first kappa shape index (κ1) is 21.3. The van der Waals surface area contributed by atoms with Gasteiger partial charge in [-0.05, 0) is 73.5 Å². The molecule has 0 radical (unpaired) electrons. The summed E-state index contributed by atoms with van der Waals surface area (Å²) in [6.07, 6.45) is 4.35. The van der Waals surface area contributed by atoms with Crippen LogP contribution in [0.3, 0.4) is 0 Å². The Hall–Kier alpha value is -2.89. The molecule has 1 atom stereocenters. The van der Waals surface area contributed by atoms with Gasteiger partial charge in [0, 0.05) is 25.3 Å². The van der Waals surface area contributed by atoms with Crippen LogP contribution in [0.4, 0.5) is 0 Å². The van der Waals surface area contributed by atoms with Gasteiger partial charge in [-0.2, -0.15) is 0 Å². The summed E-state index contributed by atoms with van der Waals surface area (Å²) in [7, 11) is 1.71. The molecule has 1 saturated heterocycles. The minimum atomic E-state index is 0.372. The monoisotopic (exact) mass is 417 g/mol. The van der Waals surface area contributed by atoms with Crippen LogP contribution in [0.15, 0.2) is 72.9 Å². The quantitative estimate of drug-likeness (QED) is 0.523. The lowest BCUT2D eigenvalue weighted by molar-refractivity contribution is 0.238. The lowest BCUT2D eigenvalue weighted by Gasteiger charge is -2.28. The number of methoxy groups -OCH3 is 1. The molecule has 0 aliphatic carbocycles. The highest BCUT2D eigenvalue weighted by molar-refractivity contribution is 5.30. The van der Waals surface area contributed by atoms with Crippen molar-refractivity contribution < 1.29 is 9.47 Å². The van der Waals surface area contributed by atoms with E-state index in [1.165, 1.54) is 24.0 Å². The van der Waals surface area contributed by atoms with E-state index < -0.39 is 0 Å². The fourth-order valence-corrected chi connectivity index (χ4v) is 4.08. The topological polar surface area (TPSA) is 46.6 Å². The van der Waals surface area contributed by atoms with E-state index in [4.69, 9.17) is 9.47 Å². The molecule has 2 aromatic carbocycles. The highest BCUT2D eigenvalue weighted by atomic mass is 16.5. The van der Waals surface area contributed by atoms with Crippen molar-refractivity contribution >= 4 is 0 Å². The molecular weight excluding hydrogens is 386 g/mol. The van der Waals surface area contributed by atoms with E-state index in [2.05, 4.69) is 51.6 Å². The molecule has 4 rings (SSSR count). The second-order valence-electron chi connectivity index (χ2n) is 7.92. The molecule has 1 N–H and O–H groups in total. The predicted octanol–water partition coefficient (Wildman–Crippen LogP) is 4.60. The van der Waals surface area contributed by atoms with Crippen LogP contribution in [0.5, 0.6) is 11.5 Å². The Kier molecular flexibility index (Phi) is 7.53. The number of ether oxygens (including phenoxy) is 2. The van der Waals surface area contributed by atoms with Crippen LogP contribution in [-0.2, 0) is 13.2 Å². The first-order chi connectivity index (χ1) is 15.3. The summed E-state index contributed by atoms with van der Waals surface area (Å²) in [5.41, 5.74) is 3.48. The number of benzene rings is 2. The van der Waals surface area contributed by atoms with Gasteiger partial charge in [0.05, 0.1) is 12.8 Å². The number of hydrogen-bond donors (Lipinski definition) is 1. The Labute approximate surface area is 185 Å². The molecule has 3 aromatic rings. The van der Waals surface area contributed by atoms with Crippen molar-refractivity contribution in [2.75, 3.05) is 26.7 Å². The van der Waals surface area contributed by atoms with Gasteiger partial charge < -0.3 is 14.8 Å². The van der Waals surface area contributed by atoms with Gasteiger partial charge in [0.25, 0.3) is 0 Å². The van der Waals surface area contributed by atoms with Crippen LogP contribution in [0, 0.1) is 0 Å².